The largest absolute Gasteiger partial charge is 0.497 e. The first-order valence-corrected chi connectivity index (χ1v) is 18.3. The number of benzene rings is 1. The van der Waals surface area contributed by atoms with Gasteiger partial charge < -0.3 is 34.5 Å². The fraction of sp³-hybridized carbons (Fsp3) is 0.564. The van der Waals surface area contributed by atoms with E-state index in [1.807, 2.05) is 12.2 Å². The molecule has 54 heavy (non-hydrogen) atoms. The number of nitrogens with zero attached hydrogens (tertiary/aromatic N) is 2. The van der Waals surface area contributed by atoms with Gasteiger partial charge in [0.25, 0.3) is 0 Å². The molecule has 3 amide bonds. The van der Waals surface area contributed by atoms with Crippen molar-refractivity contribution >= 4 is 34.8 Å². The highest BCUT2D eigenvalue weighted by Crippen LogP contribution is 2.52. The van der Waals surface area contributed by atoms with E-state index in [1.54, 1.807) is 33.8 Å². The predicted octanol–water partition coefficient (Wildman–Crippen LogP) is 5.94. The molecule has 2 fully saturated rings. The van der Waals surface area contributed by atoms with Gasteiger partial charge in [-0.3, -0.25) is 9.59 Å². The zero-order valence-corrected chi connectivity index (χ0v) is 31.2. The normalized spacial score (nSPS) is 27.4. The van der Waals surface area contributed by atoms with Crippen LogP contribution in [0.3, 0.4) is 0 Å². The van der Waals surface area contributed by atoms with Gasteiger partial charge in [-0.15, -0.1) is 0 Å². The molecule has 1 aliphatic carbocycles. The van der Waals surface area contributed by atoms with Gasteiger partial charge in [0.2, 0.25) is 11.8 Å². The number of carbonyl (C=O) groups is 4. The van der Waals surface area contributed by atoms with Crippen molar-refractivity contribution in [3.05, 3.63) is 53.8 Å². The number of methoxy groups -OCH3 is 1. The highest BCUT2D eigenvalue weighted by Gasteiger charge is 2.66. The molecule has 4 aliphatic rings. The Morgan fingerprint density at radius 2 is 1.93 bits per heavy atom. The number of nitrogens with one attached hydrogen (secondary N) is 2. The van der Waals surface area contributed by atoms with Crippen LogP contribution < -0.4 is 20.1 Å². The number of pyridine rings is 1. The number of carbonyl (C=O) groups excluding carboxylic acids is 4. The molecule has 0 bridgehead atoms. The first-order valence-electron chi connectivity index (χ1n) is 18.3. The van der Waals surface area contributed by atoms with E-state index in [0.717, 1.165) is 6.42 Å². The summed E-state index contributed by atoms with van der Waals surface area (Å²) in [6, 6.07) is 2.15. The number of alkyl halides is 3. The maximum atomic E-state index is 14.7. The Labute approximate surface area is 311 Å². The minimum atomic E-state index is -4.89. The van der Waals surface area contributed by atoms with Crippen molar-refractivity contribution in [2.24, 2.45) is 5.92 Å². The first-order chi connectivity index (χ1) is 25.4. The average molecular weight is 757 g/mol. The monoisotopic (exact) mass is 756 g/mol. The number of halogens is 3. The number of aryl methyl sites for hydroxylation is 1. The van der Waals surface area contributed by atoms with E-state index in [4.69, 9.17) is 18.9 Å². The summed E-state index contributed by atoms with van der Waals surface area (Å²) in [7, 11) is 1.45. The molecule has 5 atom stereocenters. The van der Waals surface area contributed by atoms with Crippen LogP contribution in [0.5, 0.6) is 11.5 Å². The van der Waals surface area contributed by atoms with Gasteiger partial charge in [0.1, 0.15) is 29.0 Å². The van der Waals surface area contributed by atoms with Crippen molar-refractivity contribution in [2.75, 3.05) is 20.3 Å². The van der Waals surface area contributed by atoms with Crippen LogP contribution in [0.25, 0.3) is 10.9 Å². The Kier molecular flexibility index (Phi) is 10.4. The van der Waals surface area contributed by atoms with Gasteiger partial charge >= 0.3 is 18.2 Å². The number of ether oxygens (including phenoxy) is 4. The molecular formula is C39H47F3N4O8. The second kappa shape index (κ2) is 14.4. The lowest BCUT2D eigenvalue weighted by atomic mass is 9.87. The summed E-state index contributed by atoms with van der Waals surface area (Å²) in [5.74, 6) is -2.68. The van der Waals surface area contributed by atoms with E-state index in [1.165, 1.54) is 24.1 Å². The Balaban J connectivity index is 1.42. The summed E-state index contributed by atoms with van der Waals surface area (Å²) < 4.78 is 66.6. The number of esters is 1. The van der Waals surface area contributed by atoms with Gasteiger partial charge in [0.15, 0.2) is 17.0 Å². The van der Waals surface area contributed by atoms with E-state index < -0.39 is 76.2 Å². The third-order valence-electron chi connectivity index (χ3n) is 10.5. The summed E-state index contributed by atoms with van der Waals surface area (Å²) in [6.07, 6.45) is 0.933. The van der Waals surface area contributed by atoms with E-state index >= 15 is 0 Å². The highest BCUT2D eigenvalue weighted by atomic mass is 19.4. The molecule has 6 rings (SSSR count). The van der Waals surface area contributed by atoms with Crippen molar-refractivity contribution in [1.82, 2.24) is 20.5 Å². The maximum absolute atomic E-state index is 14.7. The number of allylic oxidation sites excluding steroid dienone is 1. The highest BCUT2D eigenvalue weighted by molar-refractivity contribution is 6.00. The average Bonchev–Trinajstić information content (AvgIpc) is 3.46. The van der Waals surface area contributed by atoms with Gasteiger partial charge in [0, 0.05) is 23.3 Å². The number of alkyl carbamates (subject to hydrolysis) is 1. The smallest absolute Gasteiger partial charge is 0.437 e. The minimum absolute atomic E-state index is 0.0404. The Bertz CT molecular complexity index is 1890. The van der Waals surface area contributed by atoms with Crippen LogP contribution >= 0.6 is 0 Å². The van der Waals surface area contributed by atoms with Gasteiger partial charge in [-0.05, 0) is 83.6 Å². The van der Waals surface area contributed by atoms with Crippen molar-refractivity contribution in [3.63, 3.8) is 0 Å². The lowest BCUT2D eigenvalue weighted by Crippen LogP contribution is -2.57. The molecule has 1 aromatic heterocycles. The maximum Gasteiger partial charge on any atom is 0.437 e. The number of amides is 3. The second-order valence-corrected chi connectivity index (χ2v) is 15.4. The molecule has 1 saturated carbocycles. The molecule has 292 valence electrons. The SMILES string of the molecule is C=C1C2C=CCCCCCC(NC(=O)OC(C)(C)C)C(=O)N3CC4(CCc5c(c(C(F)(F)F)nc6ccc(OC)cc56)O4)CC3C(=O)NC12C(=O)OCC. The van der Waals surface area contributed by atoms with Crippen LogP contribution in [0.15, 0.2) is 42.5 Å². The third kappa shape index (κ3) is 7.45. The van der Waals surface area contributed by atoms with Crippen LogP contribution in [0, 0.1) is 5.92 Å². The predicted molar refractivity (Wildman–Crippen MR) is 191 cm³/mol. The van der Waals surface area contributed by atoms with Crippen LogP contribution in [-0.4, -0.2) is 82.8 Å². The van der Waals surface area contributed by atoms with Crippen molar-refractivity contribution in [1.29, 1.82) is 0 Å². The lowest BCUT2D eigenvalue weighted by molar-refractivity contribution is -0.149. The van der Waals surface area contributed by atoms with Gasteiger partial charge in [-0.25, -0.2) is 14.6 Å². The Hall–Kier alpha value is -4.82. The Morgan fingerprint density at radius 1 is 1.17 bits per heavy atom. The fourth-order valence-corrected chi connectivity index (χ4v) is 7.85. The minimum Gasteiger partial charge on any atom is -0.497 e. The van der Waals surface area contributed by atoms with Crippen molar-refractivity contribution < 1.29 is 51.3 Å². The zero-order valence-electron chi connectivity index (χ0n) is 31.2. The van der Waals surface area contributed by atoms with Crippen LogP contribution in [0.1, 0.15) is 83.9 Å². The van der Waals surface area contributed by atoms with Crippen molar-refractivity contribution in [3.8, 4) is 11.5 Å². The van der Waals surface area contributed by atoms with Crippen molar-refractivity contribution in [2.45, 2.75) is 114 Å². The van der Waals surface area contributed by atoms with Gasteiger partial charge in [0.05, 0.1) is 25.8 Å². The molecular weight excluding hydrogens is 709 g/mol. The Morgan fingerprint density at radius 3 is 2.61 bits per heavy atom. The summed E-state index contributed by atoms with van der Waals surface area (Å²) in [6.45, 7) is 10.5. The standard InChI is InChI=1S/C39H47F3N4O8/c1-7-52-34(49)38-22(2)26(38)13-11-9-8-10-12-14-28(44-35(50)54-36(3,4)5)33(48)46-21-37(20-29(46)32(47)45-38)18-17-24-25-19-23(51-6)15-16-27(25)43-31(30(24)53-37)39(40,41)42/h11,13,15-16,19,26,28-29H,2,7-10,12,14,17-18,20-21H2,1,3-6H3,(H,44,50)(H,45,47). The molecule has 1 saturated heterocycles. The number of hydrogen-bond donors (Lipinski definition) is 2. The van der Waals surface area contributed by atoms with E-state index in [-0.39, 0.29) is 49.9 Å². The molecule has 2 aromatic rings. The summed E-state index contributed by atoms with van der Waals surface area (Å²) >= 11 is 0. The molecule has 1 aromatic carbocycles. The number of hydrogen-bond acceptors (Lipinski definition) is 9. The summed E-state index contributed by atoms with van der Waals surface area (Å²) in [4.78, 5) is 60.8. The molecule has 5 unspecified atom stereocenters. The molecule has 4 heterocycles. The number of aromatic nitrogens is 1. The first kappa shape index (κ1) is 38.9. The number of fused-ring (bicyclic) bond motifs is 5. The molecule has 3 aliphatic heterocycles. The van der Waals surface area contributed by atoms with Crippen LogP contribution in [-0.2, 0) is 36.5 Å². The molecule has 12 nitrogen and oxygen atoms in total. The summed E-state index contributed by atoms with van der Waals surface area (Å²) in [5.41, 5.74) is -4.32. The number of rotatable bonds is 4. The second-order valence-electron chi connectivity index (χ2n) is 15.4. The lowest BCUT2D eigenvalue weighted by Gasteiger charge is -2.37. The fourth-order valence-electron chi connectivity index (χ4n) is 7.85. The molecule has 2 N–H and O–H groups in total. The van der Waals surface area contributed by atoms with Crippen LogP contribution in [0.4, 0.5) is 18.0 Å². The van der Waals surface area contributed by atoms with E-state index in [9.17, 15) is 32.3 Å². The van der Waals surface area contributed by atoms with Gasteiger partial charge in [-0.1, -0.05) is 31.6 Å². The molecule has 15 heteroatoms. The third-order valence-corrected chi connectivity index (χ3v) is 10.5. The van der Waals surface area contributed by atoms with E-state index in [2.05, 4.69) is 22.2 Å². The molecule has 0 radical (unpaired) electrons. The van der Waals surface area contributed by atoms with Gasteiger partial charge in [-0.2, -0.15) is 13.2 Å². The zero-order chi connectivity index (χ0) is 39.2. The quantitative estimate of drug-likeness (QED) is 0.286. The molecule has 1 spiro atoms. The van der Waals surface area contributed by atoms with E-state index in [0.29, 0.717) is 36.0 Å². The van der Waals surface area contributed by atoms with Crippen LogP contribution in [0.2, 0.25) is 0 Å². The summed E-state index contributed by atoms with van der Waals surface area (Å²) in [5, 5.41) is 5.94. The topological polar surface area (TPSA) is 145 Å².